The minimum Gasteiger partial charge on any atom is -0.365 e. The van der Waals surface area contributed by atoms with E-state index in [1.807, 2.05) is 20.8 Å². The Morgan fingerprint density at radius 1 is 1.29 bits per heavy atom. The Balaban J connectivity index is 2.26. The van der Waals surface area contributed by atoms with Crippen LogP contribution in [0.15, 0.2) is 24.4 Å². The normalized spacial score (nSPS) is 11.9. The average Bonchev–Trinajstić information content (AvgIpc) is 3.01. The number of H-pyrrole nitrogens is 1. The van der Waals surface area contributed by atoms with E-state index < -0.39 is 17.5 Å². The molecule has 0 aliphatic heterocycles. The van der Waals surface area contributed by atoms with Crippen molar-refractivity contribution in [2.45, 2.75) is 26.3 Å². The molecule has 2 aromatic heterocycles. The third-order valence-corrected chi connectivity index (χ3v) is 3.43. The van der Waals surface area contributed by atoms with Crippen LogP contribution in [-0.2, 0) is 0 Å². The molecule has 0 spiro atoms. The highest BCUT2D eigenvalue weighted by Gasteiger charge is 2.23. The number of carbonyl (C=O) groups is 1. The Bertz CT molecular complexity index is 936. The number of nitrogens with zero attached hydrogens (tertiary/aromatic N) is 2. The number of primary amides is 1. The SMILES string of the molecule is CC(C)(C)Nc1c(-c2ccc(F)c(F)c2)[nH]c2c(C(N)=O)cnn12. The lowest BCUT2D eigenvalue weighted by Gasteiger charge is -2.22. The summed E-state index contributed by atoms with van der Waals surface area (Å²) in [5, 5.41) is 7.42. The summed E-state index contributed by atoms with van der Waals surface area (Å²) in [5.74, 6) is -2.00. The second-order valence-corrected chi connectivity index (χ2v) is 6.54. The van der Waals surface area contributed by atoms with Crippen LogP contribution in [0.2, 0.25) is 0 Å². The average molecular weight is 333 g/mol. The quantitative estimate of drug-likeness (QED) is 0.688. The van der Waals surface area contributed by atoms with Gasteiger partial charge in [0.2, 0.25) is 0 Å². The minimum absolute atomic E-state index is 0.209. The summed E-state index contributed by atoms with van der Waals surface area (Å²) in [7, 11) is 0. The maximum atomic E-state index is 13.6. The lowest BCUT2D eigenvalue weighted by atomic mass is 10.1. The lowest BCUT2D eigenvalue weighted by molar-refractivity contribution is 0.100. The van der Waals surface area contributed by atoms with Gasteiger partial charge in [-0.1, -0.05) is 0 Å². The highest BCUT2D eigenvalue weighted by Crippen LogP contribution is 2.32. The maximum absolute atomic E-state index is 13.6. The molecule has 24 heavy (non-hydrogen) atoms. The predicted octanol–water partition coefficient (Wildman–Crippen LogP) is 2.92. The van der Waals surface area contributed by atoms with Crippen LogP contribution in [-0.4, -0.2) is 26.0 Å². The van der Waals surface area contributed by atoms with Crippen molar-refractivity contribution in [3.63, 3.8) is 0 Å². The zero-order chi connectivity index (χ0) is 17.6. The monoisotopic (exact) mass is 333 g/mol. The van der Waals surface area contributed by atoms with Gasteiger partial charge < -0.3 is 16.0 Å². The van der Waals surface area contributed by atoms with E-state index in [0.29, 0.717) is 22.7 Å². The molecule has 1 amide bonds. The first-order valence-corrected chi connectivity index (χ1v) is 7.30. The number of anilines is 1. The van der Waals surface area contributed by atoms with Gasteiger partial charge in [0.15, 0.2) is 17.5 Å². The van der Waals surface area contributed by atoms with Crippen LogP contribution in [0, 0.1) is 11.6 Å². The van der Waals surface area contributed by atoms with Crippen molar-refractivity contribution in [1.29, 1.82) is 0 Å². The van der Waals surface area contributed by atoms with Crippen molar-refractivity contribution < 1.29 is 13.6 Å². The molecule has 4 N–H and O–H groups in total. The highest BCUT2D eigenvalue weighted by atomic mass is 19.2. The molecule has 0 bridgehead atoms. The molecule has 0 unspecified atom stereocenters. The molecule has 3 rings (SSSR count). The van der Waals surface area contributed by atoms with Crippen molar-refractivity contribution in [2.24, 2.45) is 5.73 Å². The van der Waals surface area contributed by atoms with Crippen LogP contribution in [0.25, 0.3) is 16.9 Å². The second-order valence-electron chi connectivity index (χ2n) is 6.54. The molecule has 6 nitrogen and oxygen atoms in total. The Hall–Kier alpha value is -2.90. The number of amides is 1. The Labute approximate surface area is 136 Å². The maximum Gasteiger partial charge on any atom is 0.254 e. The fraction of sp³-hybridized carbons (Fsp3) is 0.250. The van der Waals surface area contributed by atoms with Gasteiger partial charge in [0.25, 0.3) is 5.91 Å². The molecule has 0 radical (unpaired) electrons. The first kappa shape index (κ1) is 16.0. The number of fused-ring (bicyclic) bond motifs is 1. The molecule has 0 saturated carbocycles. The number of aromatic nitrogens is 3. The number of aromatic amines is 1. The van der Waals surface area contributed by atoms with Gasteiger partial charge in [0.1, 0.15) is 11.2 Å². The predicted molar refractivity (Wildman–Crippen MR) is 86.8 cm³/mol. The number of rotatable bonds is 3. The molecule has 0 atom stereocenters. The van der Waals surface area contributed by atoms with Crippen LogP contribution in [0.5, 0.6) is 0 Å². The topological polar surface area (TPSA) is 88.2 Å². The van der Waals surface area contributed by atoms with Crippen molar-refractivity contribution in [3.8, 4) is 11.3 Å². The number of halogens is 2. The van der Waals surface area contributed by atoms with Gasteiger partial charge in [-0.05, 0) is 39.0 Å². The van der Waals surface area contributed by atoms with Gasteiger partial charge >= 0.3 is 0 Å². The van der Waals surface area contributed by atoms with Gasteiger partial charge in [-0.25, -0.2) is 8.78 Å². The smallest absolute Gasteiger partial charge is 0.254 e. The largest absolute Gasteiger partial charge is 0.365 e. The summed E-state index contributed by atoms with van der Waals surface area (Å²) in [6, 6.07) is 3.57. The fourth-order valence-electron chi connectivity index (χ4n) is 2.43. The Morgan fingerprint density at radius 3 is 2.58 bits per heavy atom. The first-order valence-electron chi connectivity index (χ1n) is 7.30. The van der Waals surface area contributed by atoms with E-state index in [2.05, 4.69) is 15.4 Å². The summed E-state index contributed by atoms with van der Waals surface area (Å²) in [4.78, 5) is 14.6. The number of nitrogens with one attached hydrogen (secondary N) is 2. The number of imidazole rings is 1. The molecule has 3 aromatic rings. The fourth-order valence-corrected chi connectivity index (χ4v) is 2.43. The number of nitrogens with two attached hydrogens (primary N) is 1. The van der Waals surface area contributed by atoms with Crippen LogP contribution in [0.4, 0.5) is 14.6 Å². The van der Waals surface area contributed by atoms with E-state index >= 15 is 0 Å². The van der Waals surface area contributed by atoms with Gasteiger partial charge in [0, 0.05) is 11.1 Å². The van der Waals surface area contributed by atoms with Crippen LogP contribution >= 0.6 is 0 Å². The van der Waals surface area contributed by atoms with Crippen molar-refractivity contribution >= 4 is 17.4 Å². The number of benzene rings is 1. The van der Waals surface area contributed by atoms with Crippen LogP contribution in [0.1, 0.15) is 31.1 Å². The number of carbonyl (C=O) groups excluding carboxylic acids is 1. The molecule has 1 aromatic carbocycles. The molecule has 0 aliphatic rings. The summed E-state index contributed by atoms with van der Waals surface area (Å²) in [6.07, 6.45) is 1.36. The van der Waals surface area contributed by atoms with E-state index in [0.717, 1.165) is 12.1 Å². The summed E-state index contributed by atoms with van der Waals surface area (Å²) < 4.78 is 28.3. The van der Waals surface area contributed by atoms with Gasteiger partial charge in [-0.2, -0.15) is 9.61 Å². The zero-order valence-corrected chi connectivity index (χ0v) is 13.4. The molecule has 0 aliphatic carbocycles. The standard InChI is InChI=1S/C16H17F2N5O/c1-16(2,3)22-15-12(8-4-5-10(17)11(18)6-8)21-14-9(13(19)24)7-20-23(14)15/h4-7,21-22H,1-3H3,(H2,19,24). The van der Waals surface area contributed by atoms with E-state index in [1.165, 1.54) is 16.8 Å². The third kappa shape index (κ3) is 2.70. The van der Waals surface area contributed by atoms with E-state index in [-0.39, 0.29) is 11.1 Å². The van der Waals surface area contributed by atoms with Crippen molar-refractivity contribution in [2.75, 3.05) is 5.32 Å². The molecular formula is C16H17F2N5O. The first-order chi connectivity index (χ1) is 11.2. The third-order valence-electron chi connectivity index (χ3n) is 3.43. The lowest BCUT2D eigenvalue weighted by Crippen LogP contribution is -2.27. The molecule has 2 heterocycles. The Kier molecular flexibility index (Phi) is 3.55. The summed E-state index contributed by atoms with van der Waals surface area (Å²) >= 11 is 0. The van der Waals surface area contributed by atoms with Crippen molar-refractivity contribution in [1.82, 2.24) is 14.6 Å². The summed E-state index contributed by atoms with van der Waals surface area (Å²) in [5.41, 5.74) is 6.51. The summed E-state index contributed by atoms with van der Waals surface area (Å²) in [6.45, 7) is 5.83. The molecular weight excluding hydrogens is 316 g/mol. The van der Waals surface area contributed by atoms with E-state index in [4.69, 9.17) is 5.73 Å². The van der Waals surface area contributed by atoms with E-state index in [1.54, 1.807) is 0 Å². The van der Waals surface area contributed by atoms with Crippen molar-refractivity contribution in [3.05, 3.63) is 41.6 Å². The molecule has 0 saturated heterocycles. The zero-order valence-electron chi connectivity index (χ0n) is 13.4. The van der Waals surface area contributed by atoms with Gasteiger partial charge in [-0.15, -0.1) is 0 Å². The highest BCUT2D eigenvalue weighted by molar-refractivity contribution is 5.99. The Morgan fingerprint density at radius 2 is 2.00 bits per heavy atom. The molecule has 8 heteroatoms. The minimum atomic E-state index is -0.962. The van der Waals surface area contributed by atoms with E-state index in [9.17, 15) is 13.6 Å². The van der Waals surface area contributed by atoms with Crippen LogP contribution < -0.4 is 11.1 Å². The molecule has 126 valence electrons. The molecule has 0 fully saturated rings. The second kappa shape index (κ2) is 5.33. The number of hydrogen-bond acceptors (Lipinski definition) is 3. The van der Waals surface area contributed by atoms with Gasteiger partial charge in [0.05, 0.1) is 11.9 Å². The van der Waals surface area contributed by atoms with Crippen LogP contribution in [0.3, 0.4) is 0 Å². The number of hydrogen-bond donors (Lipinski definition) is 3. The van der Waals surface area contributed by atoms with Gasteiger partial charge in [-0.3, -0.25) is 4.79 Å².